The van der Waals surface area contributed by atoms with Crippen LogP contribution in [-0.2, 0) is 0 Å². The topological polar surface area (TPSA) is 43.5 Å². The van der Waals surface area contributed by atoms with Crippen molar-refractivity contribution in [2.24, 2.45) is 0 Å². The summed E-state index contributed by atoms with van der Waals surface area (Å²) in [5.74, 6) is 0.905. The largest absolute Gasteiger partial charge is 0.494 e. The molecule has 160 valence electrons. The molecule has 0 bridgehead atoms. The Kier molecular flexibility index (Phi) is 7.33. The van der Waals surface area contributed by atoms with Crippen molar-refractivity contribution in [2.45, 2.75) is 11.3 Å². The SMILES string of the molecule is CN1CCN(CCCOc2ccc(SNc3ccc(Cl)c4c(Cl)c[nH]c34)cc2)CC1. The number of ether oxygens (including phenoxy) is 1. The summed E-state index contributed by atoms with van der Waals surface area (Å²) < 4.78 is 9.28. The van der Waals surface area contributed by atoms with E-state index >= 15 is 0 Å². The molecule has 3 aromatic rings. The second kappa shape index (κ2) is 10.2. The van der Waals surface area contributed by atoms with Gasteiger partial charge in [-0.25, -0.2) is 0 Å². The molecule has 5 nitrogen and oxygen atoms in total. The molecule has 0 radical (unpaired) electrons. The van der Waals surface area contributed by atoms with E-state index in [1.807, 2.05) is 24.3 Å². The first-order chi connectivity index (χ1) is 14.6. The first kappa shape index (κ1) is 21.7. The molecule has 30 heavy (non-hydrogen) atoms. The van der Waals surface area contributed by atoms with Gasteiger partial charge in [-0.05, 0) is 61.8 Å². The van der Waals surface area contributed by atoms with Gasteiger partial charge in [0.15, 0.2) is 0 Å². The number of hydrogen-bond acceptors (Lipinski definition) is 5. The second-order valence-corrected chi connectivity index (χ2v) is 9.20. The van der Waals surface area contributed by atoms with E-state index in [4.69, 9.17) is 27.9 Å². The summed E-state index contributed by atoms with van der Waals surface area (Å²) in [6.45, 7) is 6.48. The zero-order valence-electron chi connectivity index (χ0n) is 17.0. The number of benzene rings is 2. The van der Waals surface area contributed by atoms with Gasteiger partial charge in [-0.15, -0.1) is 0 Å². The number of fused-ring (bicyclic) bond motifs is 1. The van der Waals surface area contributed by atoms with Gasteiger partial charge in [0.1, 0.15) is 5.75 Å². The molecule has 0 amide bonds. The molecular formula is C22H26Cl2N4OS. The molecule has 1 saturated heterocycles. The number of hydrogen-bond donors (Lipinski definition) is 2. The van der Waals surface area contributed by atoms with Gasteiger partial charge in [-0.1, -0.05) is 23.2 Å². The van der Waals surface area contributed by atoms with Crippen LogP contribution < -0.4 is 9.46 Å². The lowest BCUT2D eigenvalue weighted by molar-refractivity contribution is 0.145. The van der Waals surface area contributed by atoms with Crippen molar-refractivity contribution in [3.8, 4) is 5.75 Å². The van der Waals surface area contributed by atoms with Crippen LogP contribution in [0.15, 0.2) is 47.5 Å². The van der Waals surface area contributed by atoms with Crippen LogP contribution in [0.1, 0.15) is 6.42 Å². The summed E-state index contributed by atoms with van der Waals surface area (Å²) in [4.78, 5) is 9.17. The molecule has 8 heteroatoms. The minimum absolute atomic E-state index is 0.623. The van der Waals surface area contributed by atoms with Gasteiger partial charge >= 0.3 is 0 Å². The Hall–Kier alpha value is -1.57. The Morgan fingerprint density at radius 2 is 1.80 bits per heavy atom. The number of likely N-dealkylation sites (N-methyl/N-ethyl adjacent to an activating group) is 1. The van der Waals surface area contributed by atoms with Gasteiger partial charge in [0.25, 0.3) is 0 Å². The van der Waals surface area contributed by atoms with E-state index in [1.54, 1.807) is 6.20 Å². The molecule has 4 rings (SSSR count). The number of halogens is 2. The van der Waals surface area contributed by atoms with E-state index in [9.17, 15) is 0 Å². The number of nitrogens with one attached hydrogen (secondary N) is 2. The number of nitrogens with zero attached hydrogens (tertiary/aromatic N) is 2. The molecule has 1 aromatic heterocycles. The molecule has 1 fully saturated rings. The molecule has 1 aliphatic rings. The maximum atomic E-state index is 6.25. The van der Waals surface area contributed by atoms with Crippen molar-refractivity contribution in [1.82, 2.24) is 14.8 Å². The number of H-pyrrole nitrogens is 1. The fourth-order valence-corrected chi connectivity index (χ4v) is 4.75. The Morgan fingerprint density at radius 3 is 2.57 bits per heavy atom. The molecule has 2 heterocycles. The molecule has 0 unspecified atom stereocenters. The van der Waals surface area contributed by atoms with E-state index in [1.165, 1.54) is 11.9 Å². The van der Waals surface area contributed by atoms with Gasteiger partial charge in [0.05, 0.1) is 27.9 Å². The Morgan fingerprint density at radius 1 is 1.03 bits per heavy atom. The van der Waals surface area contributed by atoms with Gasteiger partial charge < -0.3 is 24.2 Å². The molecule has 0 aliphatic carbocycles. The van der Waals surface area contributed by atoms with Crippen LogP contribution in [0.4, 0.5) is 5.69 Å². The van der Waals surface area contributed by atoms with Crippen molar-refractivity contribution in [2.75, 3.05) is 51.1 Å². The smallest absolute Gasteiger partial charge is 0.119 e. The lowest BCUT2D eigenvalue weighted by Gasteiger charge is -2.32. The Labute approximate surface area is 191 Å². The van der Waals surface area contributed by atoms with Crippen LogP contribution in [0.3, 0.4) is 0 Å². The van der Waals surface area contributed by atoms with Crippen molar-refractivity contribution >= 4 is 51.7 Å². The third-order valence-electron chi connectivity index (χ3n) is 5.32. The number of aromatic amines is 1. The Bertz CT molecular complexity index is 971. The highest BCUT2D eigenvalue weighted by molar-refractivity contribution is 8.00. The first-order valence-electron chi connectivity index (χ1n) is 10.1. The van der Waals surface area contributed by atoms with Gasteiger partial charge in [-0.2, -0.15) is 0 Å². The Balaban J connectivity index is 1.24. The van der Waals surface area contributed by atoms with Crippen LogP contribution in [-0.4, -0.2) is 61.2 Å². The van der Waals surface area contributed by atoms with Crippen molar-refractivity contribution in [3.63, 3.8) is 0 Å². The molecule has 0 atom stereocenters. The quantitative estimate of drug-likeness (QED) is 0.335. The standard InChI is InChI=1S/C22H26Cl2N4OS/c1-27-10-12-28(13-11-27)9-2-14-29-16-3-5-17(6-4-16)30-26-20-8-7-18(23)21-19(24)15-25-22(20)21/h3-8,15,25-26H,2,9-14H2,1H3. The molecular weight excluding hydrogens is 439 g/mol. The predicted octanol–water partition coefficient (Wildman–Crippen LogP) is 5.61. The summed E-state index contributed by atoms with van der Waals surface area (Å²) in [7, 11) is 2.18. The molecule has 1 aliphatic heterocycles. The predicted molar refractivity (Wildman–Crippen MR) is 128 cm³/mol. The van der Waals surface area contributed by atoms with Crippen LogP contribution in [0.25, 0.3) is 10.9 Å². The highest BCUT2D eigenvalue weighted by atomic mass is 35.5. The number of rotatable bonds is 8. The molecule has 0 saturated carbocycles. The van der Waals surface area contributed by atoms with E-state index in [2.05, 4.69) is 38.7 Å². The van der Waals surface area contributed by atoms with Crippen LogP contribution in [0, 0.1) is 0 Å². The number of aromatic nitrogens is 1. The molecule has 2 N–H and O–H groups in total. The molecule has 0 spiro atoms. The first-order valence-corrected chi connectivity index (χ1v) is 11.7. The van der Waals surface area contributed by atoms with E-state index in [-0.39, 0.29) is 0 Å². The summed E-state index contributed by atoms with van der Waals surface area (Å²) in [6.07, 6.45) is 2.80. The number of anilines is 1. The van der Waals surface area contributed by atoms with Crippen molar-refractivity contribution in [3.05, 3.63) is 52.6 Å². The summed E-state index contributed by atoms with van der Waals surface area (Å²) in [5, 5.41) is 2.10. The summed E-state index contributed by atoms with van der Waals surface area (Å²) in [6, 6.07) is 11.9. The van der Waals surface area contributed by atoms with E-state index in [0.29, 0.717) is 10.0 Å². The lowest BCUT2D eigenvalue weighted by atomic mass is 10.2. The fourth-order valence-electron chi connectivity index (χ4n) is 3.52. The zero-order valence-corrected chi connectivity index (χ0v) is 19.3. The summed E-state index contributed by atoms with van der Waals surface area (Å²) >= 11 is 14.0. The lowest BCUT2D eigenvalue weighted by Crippen LogP contribution is -2.44. The maximum Gasteiger partial charge on any atom is 0.119 e. The van der Waals surface area contributed by atoms with E-state index < -0.39 is 0 Å². The van der Waals surface area contributed by atoms with Gasteiger partial charge in [-0.3, -0.25) is 0 Å². The minimum atomic E-state index is 0.623. The van der Waals surface area contributed by atoms with Crippen LogP contribution in [0.2, 0.25) is 10.0 Å². The summed E-state index contributed by atoms with van der Waals surface area (Å²) in [5.41, 5.74) is 1.84. The highest BCUT2D eigenvalue weighted by Crippen LogP contribution is 2.36. The van der Waals surface area contributed by atoms with E-state index in [0.717, 1.165) is 73.0 Å². The maximum absolute atomic E-state index is 6.25. The van der Waals surface area contributed by atoms with Gasteiger partial charge in [0, 0.05) is 49.2 Å². The molecule has 2 aromatic carbocycles. The van der Waals surface area contributed by atoms with Crippen LogP contribution >= 0.6 is 35.1 Å². The van der Waals surface area contributed by atoms with Gasteiger partial charge in [0.2, 0.25) is 0 Å². The third kappa shape index (κ3) is 5.37. The third-order valence-corrected chi connectivity index (χ3v) is 6.77. The van der Waals surface area contributed by atoms with Crippen molar-refractivity contribution in [1.29, 1.82) is 0 Å². The number of piperazine rings is 1. The average Bonchev–Trinajstić information content (AvgIpc) is 3.15. The minimum Gasteiger partial charge on any atom is -0.494 e. The highest BCUT2D eigenvalue weighted by Gasteiger charge is 2.13. The van der Waals surface area contributed by atoms with Crippen LogP contribution in [0.5, 0.6) is 5.75 Å². The van der Waals surface area contributed by atoms with Crippen molar-refractivity contribution < 1.29 is 4.74 Å². The second-order valence-electron chi connectivity index (χ2n) is 7.50. The zero-order chi connectivity index (χ0) is 20.9. The average molecular weight is 465 g/mol. The normalized spacial score (nSPS) is 15.6. The fraction of sp³-hybridized carbons (Fsp3) is 0.364. The monoisotopic (exact) mass is 464 g/mol.